The van der Waals surface area contributed by atoms with Crippen LogP contribution in [0.2, 0.25) is 5.02 Å². The monoisotopic (exact) mass is 595 g/mol. The van der Waals surface area contributed by atoms with Gasteiger partial charge in [-0.25, -0.2) is 13.1 Å². The molecule has 1 aliphatic heterocycles. The molecule has 1 saturated heterocycles. The fourth-order valence-corrected chi connectivity index (χ4v) is 5.53. The van der Waals surface area contributed by atoms with Crippen molar-refractivity contribution in [2.24, 2.45) is 0 Å². The maximum atomic E-state index is 13.4. The van der Waals surface area contributed by atoms with Crippen molar-refractivity contribution in [3.63, 3.8) is 0 Å². The quantitative estimate of drug-likeness (QED) is 0.403. The molecule has 0 N–H and O–H groups in total. The van der Waals surface area contributed by atoms with E-state index in [-0.39, 0.29) is 47.2 Å². The SMILES string of the molecule is CN(C(=O)c1nnn(Cc2cc(C(F)(F)F)cc(C(F)(F)F)c2)c1N1CCS(=O)(=O)CC1)c1ccccc1Cl. The normalized spacial score (nSPS) is 15.8. The summed E-state index contributed by atoms with van der Waals surface area (Å²) in [4.78, 5) is 16.1. The topological polar surface area (TPSA) is 88.4 Å². The number of benzene rings is 2. The second-order valence-corrected chi connectivity index (χ2v) is 11.5. The highest BCUT2D eigenvalue weighted by Gasteiger charge is 2.37. The molecular weight excluding hydrogens is 576 g/mol. The van der Waals surface area contributed by atoms with Gasteiger partial charge < -0.3 is 9.80 Å². The Bertz CT molecular complexity index is 1460. The Morgan fingerprint density at radius 1 is 1.00 bits per heavy atom. The Hall–Kier alpha value is -3.33. The lowest BCUT2D eigenvalue weighted by Crippen LogP contribution is -2.42. The van der Waals surface area contributed by atoms with Crippen molar-refractivity contribution in [3.8, 4) is 0 Å². The molecule has 3 aromatic rings. The van der Waals surface area contributed by atoms with E-state index in [4.69, 9.17) is 11.6 Å². The van der Waals surface area contributed by atoms with Crippen molar-refractivity contribution in [2.45, 2.75) is 18.9 Å². The van der Waals surface area contributed by atoms with Gasteiger partial charge in [0.15, 0.2) is 21.3 Å². The van der Waals surface area contributed by atoms with E-state index in [1.165, 1.54) is 11.9 Å². The Morgan fingerprint density at radius 3 is 2.10 bits per heavy atom. The van der Waals surface area contributed by atoms with E-state index in [1.807, 2.05) is 0 Å². The Morgan fingerprint density at radius 2 is 1.56 bits per heavy atom. The van der Waals surface area contributed by atoms with E-state index in [0.717, 1.165) is 9.58 Å². The van der Waals surface area contributed by atoms with Gasteiger partial charge in [0.2, 0.25) is 0 Å². The van der Waals surface area contributed by atoms with Crippen molar-refractivity contribution < 1.29 is 39.6 Å². The molecular formula is C23H20ClF6N5O3S. The zero-order valence-electron chi connectivity index (χ0n) is 20.1. The second kappa shape index (κ2) is 10.3. The van der Waals surface area contributed by atoms with Crippen molar-refractivity contribution in [3.05, 3.63) is 69.9 Å². The van der Waals surface area contributed by atoms with Crippen LogP contribution in [0.15, 0.2) is 42.5 Å². The molecule has 1 aromatic heterocycles. The molecule has 8 nitrogen and oxygen atoms in total. The van der Waals surface area contributed by atoms with Crippen LogP contribution in [-0.2, 0) is 28.7 Å². The zero-order chi connectivity index (χ0) is 28.8. The molecule has 2 aromatic carbocycles. The van der Waals surface area contributed by atoms with E-state index < -0.39 is 51.3 Å². The first-order valence-corrected chi connectivity index (χ1v) is 13.5. The van der Waals surface area contributed by atoms with E-state index in [9.17, 15) is 39.6 Å². The molecule has 210 valence electrons. The number of hydrogen-bond acceptors (Lipinski definition) is 6. The molecule has 0 unspecified atom stereocenters. The van der Waals surface area contributed by atoms with Gasteiger partial charge in [-0.2, -0.15) is 26.3 Å². The van der Waals surface area contributed by atoms with Gasteiger partial charge >= 0.3 is 12.4 Å². The van der Waals surface area contributed by atoms with Gasteiger partial charge in [0.25, 0.3) is 5.91 Å². The van der Waals surface area contributed by atoms with Gasteiger partial charge in [-0.3, -0.25) is 4.79 Å². The lowest BCUT2D eigenvalue weighted by Gasteiger charge is -2.29. The molecule has 0 saturated carbocycles. The molecule has 0 aliphatic carbocycles. The third-order valence-electron chi connectivity index (χ3n) is 6.05. The first-order chi connectivity index (χ1) is 18.1. The summed E-state index contributed by atoms with van der Waals surface area (Å²) in [6, 6.07) is 7.49. The number of amides is 1. The average molecular weight is 596 g/mol. The Balaban J connectivity index is 1.79. The predicted octanol–water partition coefficient (Wildman–Crippen LogP) is 4.53. The van der Waals surface area contributed by atoms with Gasteiger partial charge in [0, 0.05) is 20.1 Å². The van der Waals surface area contributed by atoms with Gasteiger partial charge in [-0.1, -0.05) is 28.9 Å². The lowest BCUT2D eigenvalue weighted by atomic mass is 10.0. The average Bonchev–Trinajstić information content (AvgIpc) is 3.25. The number of halogens is 7. The summed E-state index contributed by atoms with van der Waals surface area (Å²) in [6.45, 7) is -0.800. The number of anilines is 2. The number of hydrogen-bond donors (Lipinski definition) is 0. The Kier molecular flexibility index (Phi) is 7.60. The summed E-state index contributed by atoms with van der Waals surface area (Å²) >= 11 is 6.19. The molecule has 4 rings (SSSR count). The second-order valence-electron chi connectivity index (χ2n) is 8.79. The molecule has 1 amide bonds. The minimum Gasteiger partial charge on any atom is -0.353 e. The smallest absolute Gasteiger partial charge is 0.353 e. The van der Waals surface area contributed by atoms with Gasteiger partial charge in [0.05, 0.1) is 39.9 Å². The zero-order valence-corrected chi connectivity index (χ0v) is 21.7. The first-order valence-electron chi connectivity index (χ1n) is 11.3. The summed E-state index contributed by atoms with van der Waals surface area (Å²) in [5.74, 6) is -1.33. The third-order valence-corrected chi connectivity index (χ3v) is 7.98. The number of sulfone groups is 1. The van der Waals surface area contributed by atoms with Gasteiger partial charge in [-0.15, -0.1) is 5.10 Å². The van der Waals surface area contributed by atoms with Crippen LogP contribution >= 0.6 is 11.6 Å². The summed E-state index contributed by atoms with van der Waals surface area (Å²) in [5, 5.41) is 7.98. The molecule has 1 fully saturated rings. The molecule has 0 atom stereocenters. The van der Waals surface area contributed by atoms with Crippen LogP contribution in [0.4, 0.5) is 37.8 Å². The largest absolute Gasteiger partial charge is 0.416 e. The highest BCUT2D eigenvalue weighted by Crippen LogP contribution is 2.37. The van der Waals surface area contributed by atoms with Crippen LogP contribution in [-0.4, -0.2) is 61.0 Å². The summed E-state index contributed by atoms with van der Waals surface area (Å²) in [6.07, 6.45) is -10.1. The summed E-state index contributed by atoms with van der Waals surface area (Å²) in [5.41, 5.74) is -3.38. The van der Waals surface area contributed by atoms with E-state index in [2.05, 4.69) is 10.3 Å². The van der Waals surface area contributed by atoms with Crippen LogP contribution in [0.3, 0.4) is 0 Å². The van der Waals surface area contributed by atoms with Crippen molar-refractivity contribution >= 4 is 38.9 Å². The highest BCUT2D eigenvalue weighted by atomic mass is 35.5. The number of rotatable bonds is 5. The Labute approximate surface area is 223 Å². The fraction of sp³-hybridized carbons (Fsp3) is 0.348. The summed E-state index contributed by atoms with van der Waals surface area (Å²) < 4.78 is 105. The van der Waals surface area contributed by atoms with Gasteiger partial charge in [-0.05, 0) is 35.9 Å². The first kappa shape index (κ1) is 28.7. The van der Waals surface area contributed by atoms with Crippen LogP contribution in [0.1, 0.15) is 27.2 Å². The van der Waals surface area contributed by atoms with Crippen molar-refractivity contribution in [1.29, 1.82) is 0 Å². The fourth-order valence-electron chi connectivity index (χ4n) is 4.07. The van der Waals surface area contributed by atoms with Crippen molar-refractivity contribution in [2.75, 3.05) is 41.4 Å². The number of alkyl halides is 6. The number of carbonyl (C=O) groups is 1. The third kappa shape index (κ3) is 6.30. The minimum atomic E-state index is -5.05. The van der Waals surface area contributed by atoms with E-state index in [1.54, 1.807) is 24.3 Å². The minimum absolute atomic E-state index is 0.00869. The molecule has 2 heterocycles. The van der Waals surface area contributed by atoms with Crippen molar-refractivity contribution in [1.82, 2.24) is 15.0 Å². The van der Waals surface area contributed by atoms with Crippen LogP contribution in [0.5, 0.6) is 0 Å². The predicted molar refractivity (Wildman–Crippen MR) is 131 cm³/mol. The van der Waals surface area contributed by atoms with Gasteiger partial charge in [0.1, 0.15) is 0 Å². The number of nitrogens with zero attached hydrogens (tertiary/aromatic N) is 5. The standard InChI is InChI=1S/C23H20ClF6N5O3S/c1-33(18-5-3-2-4-17(18)24)21(36)19-20(34-6-8-39(37,38)9-7-34)35(32-31-19)13-14-10-15(22(25,26)27)12-16(11-14)23(28,29)30/h2-5,10-12H,6-9,13H2,1H3. The number of para-hydroxylation sites is 1. The van der Waals surface area contributed by atoms with Crippen LogP contribution < -0.4 is 9.80 Å². The molecule has 0 spiro atoms. The summed E-state index contributed by atoms with van der Waals surface area (Å²) in [7, 11) is -1.98. The van der Waals surface area contributed by atoms with Crippen LogP contribution in [0.25, 0.3) is 0 Å². The number of carbonyl (C=O) groups excluding carboxylic acids is 1. The molecule has 0 radical (unpaired) electrons. The maximum Gasteiger partial charge on any atom is 0.416 e. The molecule has 0 bridgehead atoms. The molecule has 39 heavy (non-hydrogen) atoms. The van der Waals surface area contributed by atoms with Crippen LogP contribution in [0, 0.1) is 0 Å². The molecule has 1 aliphatic rings. The highest BCUT2D eigenvalue weighted by molar-refractivity contribution is 7.91. The van der Waals surface area contributed by atoms with E-state index >= 15 is 0 Å². The number of aromatic nitrogens is 3. The maximum absolute atomic E-state index is 13.4. The molecule has 16 heteroatoms. The van der Waals surface area contributed by atoms with E-state index in [0.29, 0.717) is 17.8 Å². The lowest BCUT2D eigenvalue weighted by molar-refractivity contribution is -0.143.